The minimum Gasteiger partial charge on any atom is -0.486 e. The monoisotopic (exact) mass is 355 g/mol. The second kappa shape index (κ2) is 7.77. The van der Waals surface area contributed by atoms with E-state index in [0.717, 1.165) is 0 Å². The third-order valence-electron chi connectivity index (χ3n) is 3.99. The number of nitrogens with one attached hydrogen (secondary N) is 1. The predicted molar refractivity (Wildman–Crippen MR) is 98.5 cm³/mol. The van der Waals surface area contributed by atoms with Gasteiger partial charge in [0.05, 0.1) is 0 Å². The van der Waals surface area contributed by atoms with E-state index in [2.05, 4.69) is 5.32 Å². The number of hydrogen-bond donors (Lipinski definition) is 2. The molecule has 7 nitrogen and oxygen atoms in total. The maximum absolute atomic E-state index is 12.5. The van der Waals surface area contributed by atoms with Gasteiger partial charge in [0.15, 0.2) is 11.5 Å². The molecule has 0 aliphatic carbocycles. The molecule has 2 amide bonds. The largest absolute Gasteiger partial charge is 0.486 e. The quantitative estimate of drug-likeness (QED) is 0.802. The van der Waals surface area contributed by atoms with Crippen LogP contribution in [0.4, 0.5) is 11.4 Å². The fraction of sp³-hybridized carbons (Fsp3) is 0.263. The van der Waals surface area contributed by atoms with Gasteiger partial charge in [-0.25, -0.2) is 0 Å². The van der Waals surface area contributed by atoms with Crippen molar-refractivity contribution >= 4 is 23.2 Å². The summed E-state index contributed by atoms with van der Waals surface area (Å²) in [5, 5.41) is 2.78. The molecule has 0 bridgehead atoms. The molecule has 1 aliphatic rings. The molecule has 1 aliphatic heterocycles. The molecule has 0 aromatic heterocycles. The van der Waals surface area contributed by atoms with Crippen LogP contribution in [0.2, 0.25) is 0 Å². The second-order valence-electron chi connectivity index (χ2n) is 5.85. The molecule has 0 saturated heterocycles. The molecule has 0 saturated carbocycles. The van der Waals surface area contributed by atoms with Crippen molar-refractivity contribution in [2.45, 2.75) is 6.92 Å². The number of carbonyl (C=O) groups excluding carboxylic acids is 2. The van der Waals surface area contributed by atoms with E-state index in [1.54, 1.807) is 42.5 Å². The van der Waals surface area contributed by atoms with Gasteiger partial charge in [-0.1, -0.05) is 0 Å². The van der Waals surface area contributed by atoms with Gasteiger partial charge in [0.1, 0.15) is 19.8 Å². The van der Waals surface area contributed by atoms with E-state index in [1.807, 2.05) is 6.92 Å². The highest BCUT2D eigenvalue weighted by molar-refractivity contribution is 5.99. The van der Waals surface area contributed by atoms with Crippen molar-refractivity contribution in [3.05, 3.63) is 48.0 Å². The maximum atomic E-state index is 12.5. The summed E-state index contributed by atoms with van der Waals surface area (Å²) < 4.78 is 11.0. The van der Waals surface area contributed by atoms with Crippen LogP contribution >= 0.6 is 0 Å². The summed E-state index contributed by atoms with van der Waals surface area (Å²) in [6, 6.07) is 11.8. The van der Waals surface area contributed by atoms with Crippen LogP contribution in [-0.2, 0) is 4.79 Å². The number of fused-ring (bicyclic) bond motifs is 1. The van der Waals surface area contributed by atoms with Crippen LogP contribution in [-0.4, -0.2) is 43.0 Å². The molecule has 3 rings (SSSR count). The molecule has 3 N–H and O–H groups in total. The van der Waals surface area contributed by atoms with Crippen LogP contribution in [0.25, 0.3) is 0 Å². The molecule has 26 heavy (non-hydrogen) atoms. The highest BCUT2D eigenvalue weighted by Gasteiger charge is 2.18. The average molecular weight is 355 g/mol. The normalized spacial score (nSPS) is 12.3. The molecule has 0 unspecified atom stereocenters. The van der Waals surface area contributed by atoms with Gasteiger partial charge in [-0.2, -0.15) is 0 Å². The minimum absolute atomic E-state index is 0.0475. The fourth-order valence-corrected chi connectivity index (χ4v) is 2.63. The summed E-state index contributed by atoms with van der Waals surface area (Å²) >= 11 is 0. The van der Waals surface area contributed by atoms with Crippen molar-refractivity contribution in [2.24, 2.45) is 0 Å². The zero-order valence-electron chi connectivity index (χ0n) is 14.5. The van der Waals surface area contributed by atoms with E-state index < -0.39 is 0 Å². The molecular formula is C19H21N3O4. The molecule has 1 heterocycles. The van der Waals surface area contributed by atoms with Gasteiger partial charge in [-0.15, -0.1) is 0 Å². The Balaban J connectivity index is 1.64. The zero-order valence-corrected chi connectivity index (χ0v) is 14.5. The number of benzene rings is 2. The number of likely N-dealkylation sites (N-methyl/N-ethyl adjacent to an activating group) is 1. The minimum atomic E-state index is -0.285. The summed E-state index contributed by atoms with van der Waals surface area (Å²) in [5.41, 5.74) is 7.31. The molecule has 2 aromatic carbocycles. The molecule has 2 aromatic rings. The van der Waals surface area contributed by atoms with E-state index in [9.17, 15) is 9.59 Å². The standard InChI is InChI=1S/C19H21N3O4/c1-2-22(19(24)13-3-5-14(20)6-4-13)12-18(23)21-15-7-8-16-17(11-15)26-10-9-25-16/h3-8,11H,2,9-10,12,20H2,1H3,(H,21,23). The first kappa shape index (κ1) is 17.6. The first-order chi connectivity index (χ1) is 12.6. The van der Waals surface area contributed by atoms with Crippen molar-refractivity contribution in [1.29, 1.82) is 0 Å². The van der Waals surface area contributed by atoms with Gasteiger partial charge in [0, 0.05) is 29.5 Å². The van der Waals surface area contributed by atoms with Gasteiger partial charge >= 0.3 is 0 Å². The number of nitrogens with two attached hydrogens (primary N) is 1. The average Bonchev–Trinajstić information content (AvgIpc) is 2.66. The van der Waals surface area contributed by atoms with Crippen molar-refractivity contribution in [3.8, 4) is 11.5 Å². The lowest BCUT2D eigenvalue weighted by atomic mass is 10.2. The Labute approximate surface area is 151 Å². The third-order valence-corrected chi connectivity index (χ3v) is 3.99. The van der Waals surface area contributed by atoms with Gasteiger partial charge < -0.3 is 25.4 Å². The Kier molecular flexibility index (Phi) is 5.26. The first-order valence-corrected chi connectivity index (χ1v) is 8.41. The van der Waals surface area contributed by atoms with E-state index in [1.165, 1.54) is 4.90 Å². The number of ether oxygens (including phenoxy) is 2. The predicted octanol–water partition coefficient (Wildman–Crippen LogP) is 2.14. The SMILES string of the molecule is CCN(CC(=O)Nc1ccc2c(c1)OCCO2)C(=O)c1ccc(N)cc1. The highest BCUT2D eigenvalue weighted by atomic mass is 16.6. The van der Waals surface area contributed by atoms with E-state index >= 15 is 0 Å². The summed E-state index contributed by atoms with van der Waals surface area (Å²) in [6.07, 6.45) is 0. The second-order valence-corrected chi connectivity index (χ2v) is 5.85. The van der Waals surface area contributed by atoms with Crippen LogP contribution in [0.5, 0.6) is 11.5 Å². The van der Waals surface area contributed by atoms with Crippen molar-refractivity contribution in [2.75, 3.05) is 37.4 Å². The molecule has 0 atom stereocenters. The lowest BCUT2D eigenvalue weighted by Crippen LogP contribution is -2.37. The number of hydrogen-bond acceptors (Lipinski definition) is 5. The topological polar surface area (TPSA) is 93.9 Å². The Hall–Kier alpha value is -3.22. The highest BCUT2D eigenvalue weighted by Crippen LogP contribution is 2.32. The van der Waals surface area contributed by atoms with Gasteiger partial charge in [0.2, 0.25) is 5.91 Å². The van der Waals surface area contributed by atoms with Crippen LogP contribution < -0.4 is 20.5 Å². The van der Waals surface area contributed by atoms with E-state index in [0.29, 0.717) is 48.2 Å². The van der Waals surface area contributed by atoms with Gasteiger partial charge in [-0.3, -0.25) is 9.59 Å². The van der Waals surface area contributed by atoms with E-state index in [4.69, 9.17) is 15.2 Å². The lowest BCUT2D eigenvalue weighted by Gasteiger charge is -2.21. The number of nitrogens with zero attached hydrogens (tertiary/aromatic N) is 1. The summed E-state index contributed by atoms with van der Waals surface area (Å²) in [7, 11) is 0. The maximum Gasteiger partial charge on any atom is 0.254 e. The lowest BCUT2D eigenvalue weighted by molar-refractivity contribution is -0.116. The molecule has 7 heteroatoms. The molecule has 0 radical (unpaired) electrons. The van der Waals surface area contributed by atoms with Crippen molar-refractivity contribution in [1.82, 2.24) is 4.90 Å². The van der Waals surface area contributed by atoms with Crippen LogP contribution in [0.3, 0.4) is 0 Å². The molecular weight excluding hydrogens is 334 g/mol. The van der Waals surface area contributed by atoms with Crippen molar-refractivity contribution in [3.63, 3.8) is 0 Å². The Bertz CT molecular complexity index is 805. The summed E-state index contributed by atoms with van der Waals surface area (Å²) in [4.78, 5) is 26.3. The van der Waals surface area contributed by atoms with Crippen molar-refractivity contribution < 1.29 is 19.1 Å². The Morgan fingerprint density at radius 3 is 2.46 bits per heavy atom. The van der Waals surface area contributed by atoms with Crippen LogP contribution in [0, 0.1) is 0 Å². The summed E-state index contributed by atoms with van der Waals surface area (Å²) in [6.45, 7) is 3.18. The van der Waals surface area contributed by atoms with E-state index in [-0.39, 0.29) is 18.4 Å². The number of carbonyl (C=O) groups is 2. The number of nitrogen functional groups attached to an aromatic ring is 1. The third kappa shape index (κ3) is 4.05. The van der Waals surface area contributed by atoms with Crippen LogP contribution in [0.1, 0.15) is 17.3 Å². The summed E-state index contributed by atoms with van der Waals surface area (Å²) in [5.74, 6) is 0.749. The smallest absolute Gasteiger partial charge is 0.254 e. The Morgan fingerprint density at radius 1 is 1.08 bits per heavy atom. The molecule has 0 spiro atoms. The number of anilines is 2. The Morgan fingerprint density at radius 2 is 1.77 bits per heavy atom. The fourth-order valence-electron chi connectivity index (χ4n) is 2.63. The zero-order chi connectivity index (χ0) is 18.5. The number of amides is 2. The molecule has 0 fully saturated rings. The number of rotatable bonds is 5. The van der Waals surface area contributed by atoms with Crippen LogP contribution in [0.15, 0.2) is 42.5 Å². The van der Waals surface area contributed by atoms with Gasteiger partial charge in [0.25, 0.3) is 5.91 Å². The first-order valence-electron chi connectivity index (χ1n) is 8.41. The molecule has 136 valence electrons. The van der Waals surface area contributed by atoms with Gasteiger partial charge in [-0.05, 0) is 43.3 Å².